The van der Waals surface area contributed by atoms with Crippen LogP contribution in [-0.4, -0.2) is 15.7 Å². The minimum atomic E-state index is -3.94. The van der Waals surface area contributed by atoms with Crippen molar-refractivity contribution in [3.8, 4) is 0 Å². The Morgan fingerprint density at radius 1 is 0.857 bits per heavy atom. The molecular formula is C6H6AsNa3O3S. The van der Waals surface area contributed by atoms with Crippen molar-refractivity contribution < 1.29 is 101 Å². The van der Waals surface area contributed by atoms with E-state index < -0.39 is 15.7 Å². The molecule has 8 heteroatoms. The predicted molar refractivity (Wildman–Crippen MR) is 39.4 cm³/mol. The first-order chi connectivity index (χ1) is 5.13. The van der Waals surface area contributed by atoms with E-state index in [1.54, 1.807) is 0 Å². The van der Waals surface area contributed by atoms with Crippen molar-refractivity contribution >= 4 is 28.3 Å². The van der Waals surface area contributed by atoms with Gasteiger partial charge in [0.05, 0.1) is 0 Å². The normalized spacial score (nSPS) is 6.93. The zero-order valence-corrected chi connectivity index (χ0v) is 17.3. The molecule has 0 aliphatic heterocycles. The van der Waals surface area contributed by atoms with Crippen LogP contribution in [0.1, 0.15) is 0 Å². The van der Waals surface area contributed by atoms with Gasteiger partial charge in [0.1, 0.15) is 0 Å². The summed E-state index contributed by atoms with van der Waals surface area (Å²) in [5.74, 6) is 0. The molecule has 1 rings (SSSR count). The molecule has 14 heavy (non-hydrogen) atoms. The molecule has 62 valence electrons. The van der Waals surface area contributed by atoms with Crippen molar-refractivity contribution in [1.82, 2.24) is 0 Å². The Bertz CT molecular complexity index is 188. The van der Waals surface area contributed by atoms with Crippen LogP contribution < -0.4 is 101 Å². The van der Waals surface area contributed by atoms with Gasteiger partial charge in [0.15, 0.2) is 0 Å². The van der Waals surface area contributed by atoms with Crippen LogP contribution in [-0.2, 0) is 0 Å². The van der Waals surface area contributed by atoms with Crippen molar-refractivity contribution in [3.05, 3.63) is 30.3 Å². The van der Waals surface area contributed by atoms with Gasteiger partial charge in [0, 0.05) is 4.90 Å². The Labute approximate surface area is 161 Å². The molecule has 0 amide bonds. The average molecular weight is 302 g/mol. The fraction of sp³-hybridized carbons (Fsp3) is 0. The van der Waals surface area contributed by atoms with Gasteiger partial charge >= 0.3 is 117 Å². The summed E-state index contributed by atoms with van der Waals surface area (Å²) in [6.07, 6.45) is 0. The average Bonchev–Trinajstić information content (AvgIpc) is 1.87. The van der Waals surface area contributed by atoms with Crippen LogP contribution in [0.2, 0.25) is 0 Å². The molecule has 0 bridgehead atoms. The summed E-state index contributed by atoms with van der Waals surface area (Å²) >= 11 is 0.147. The molecule has 1 aromatic rings. The van der Waals surface area contributed by atoms with E-state index in [0.29, 0.717) is 0 Å². The fourth-order valence-corrected chi connectivity index (χ4v) is 0.600. The van der Waals surface area contributed by atoms with Gasteiger partial charge in [-0.15, -0.1) is 12.6 Å². The molecule has 0 unspecified atom stereocenters. The molecule has 1 aromatic carbocycles. The molecule has 0 saturated heterocycles. The van der Waals surface area contributed by atoms with E-state index in [9.17, 15) is 0 Å². The molecule has 0 N–H and O–H groups in total. The Morgan fingerprint density at radius 2 is 1.14 bits per heavy atom. The van der Waals surface area contributed by atoms with Gasteiger partial charge in [-0.3, -0.25) is 0 Å². The third-order valence-electron chi connectivity index (χ3n) is 0.756. The predicted octanol–water partition coefficient (Wildman–Crippen LogP) is -11.0. The summed E-state index contributed by atoms with van der Waals surface area (Å²) in [5.41, 5.74) is 0. The van der Waals surface area contributed by atoms with Crippen molar-refractivity contribution in [2.45, 2.75) is 4.90 Å². The van der Waals surface area contributed by atoms with Crippen LogP contribution in [0.5, 0.6) is 0 Å². The van der Waals surface area contributed by atoms with E-state index >= 15 is 0 Å². The first-order valence-corrected chi connectivity index (χ1v) is 5.43. The zero-order chi connectivity index (χ0) is 8.69. The molecular weight excluding hydrogens is 296 g/mol. The summed E-state index contributed by atoms with van der Waals surface area (Å²) in [5, 5.41) is 0. The summed E-state index contributed by atoms with van der Waals surface area (Å²) in [6, 6.07) is 9.79. The number of hydrogen-bond donors (Lipinski definition) is 1. The van der Waals surface area contributed by atoms with E-state index in [1.807, 2.05) is 30.3 Å². The van der Waals surface area contributed by atoms with E-state index in [2.05, 4.69) is 12.6 Å². The summed E-state index contributed by atoms with van der Waals surface area (Å²) in [6.45, 7) is 0. The maximum atomic E-state index is 8.56. The van der Waals surface area contributed by atoms with Crippen molar-refractivity contribution in [2.24, 2.45) is 0 Å². The third kappa shape index (κ3) is 24.3. The standard InChI is InChI=1S/C6H6S.AsO3.3Na/c7-6-4-2-1-3-5-6;2-1(3)4;;;/h1-5,7H;;;;/q;-3;3*+1. The van der Waals surface area contributed by atoms with Crippen LogP contribution >= 0.6 is 12.6 Å². The molecule has 0 heterocycles. The van der Waals surface area contributed by atoms with Gasteiger partial charge in [0.25, 0.3) is 0 Å². The van der Waals surface area contributed by atoms with Crippen molar-refractivity contribution in [2.75, 3.05) is 0 Å². The number of thiol groups is 1. The molecule has 0 aliphatic carbocycles. The van der Waals surface area contributed by atoms with Gasteiger partial charge in [-0.25, -0.2) is 0 Å². The second-order valence-electron chi connectivity index (χ2n) is 1.56. The molecule has 0 aliphatic rings. The summed E-state index contributed by atoms with van der Waals surface area (Å²) in [7, 11) is 0. The van der Waals surface area contributed by atoms with E-state index in [1.165, 1.54) is 0 Å². The Kier molecular flexibility index (Phi) is 33.8. The van der Waals surface area contributed by atoms with E-state index in [0.717, 1.165) is 4.90 Å². The quantitative estimate of drug-likeness (QED) is 0.382. The van der Waals surface area contributed by atoms with Crippen LogP contribution in [0.25, 0.3) is 0 Å². The summed E-state index contributed by atoms with van der Waals surface area (Å²) in [4.78, 5) is 1.02. The van der Waals surface area contributed by atoms with Gasteiger partial charge in [-0.2, -0.15) is 0 Å². The Hall–Kier alpha value is 3.01. The van der Waals surface area contributed by atoms with Crippen LogP contribution in [0, 0.1) is 0 Å². The van der Waals surface area contributed by atoms with Crippen LogP contribution in [0.3, 0.4) is 0 Å². The minimum absolute atomic E-state index is 0. The molecule has 0 saturated carbocycles. The zero-order valence-electron chi connectivity index (χ0n) is 8.51. The Balaban J connectivity index is -0.0000000650. The molecule has 0 atom stereocenters. The third-order valence-corrected chi connectivity index (χ3v) is 1.05. The second-order valence-corrected chi connectivity index (χ2v) is 3.01. The van der Waals surface area contributed by atoms with Gasteiger partial charge in [0.2, 0.25) is 0 Å². The van der Waals surface area contributed by atoms with Gasteiger partial charge in [-0.1, -0.05) is 18.2 Å². The van der Waals surface area contributed by atoms with Gasteiger partial charge in [-0.05, 0) is 12.1 Å². The molecule has 0 spiro atoms. The van der Waals surface area contributed by atoms with E-state index in [-0.39, 0.29) is 88.7 Å². The van der Waals surface area contributed by atoms with Crippen LogP contribution in [0.15, 0.2) is 35.2 Å². The van der Waals surface area contributed by atoms with Crippen LogP contribution in [0.4, 0.5) is 0 Å². The topological polar surface area (TPSA) is 69.2 Å². The molecule has 0 radical (unpaired) electrons. The number of benzene rings is 1. The maximum absolute atomic E-state index is 8.56. The molecule has 3 nitrogen and oxygen atoms in total. The van der Waals surface area contributed by atoms with Gasteiger partial charge < -0.3 is 0 Å². The Morgan fingerprint density at radius 3 is 1.29 bits per heavy atom. The fourth-order valence-electron chi connectivity index (χ4n) is 0.428. The first-order valence-electron chi connectivity index (χ1n) is 2.68. The van der Waals surface area contributed by atoms with Crippen molar-refractivity contribution in [3.63, 3.8) is 0 Å². The number of rotatable bonds is 0. The SMILES string of the molecule is Sc1ccccc1.[Na+].[Na+].[Na+].[O-][As]([O-])[O-]. The number of hydrogen-bond acceptors (Lipinski definition) is 4. The van der Waals surface area contributed by atoms with E-state index in [4.69, 9.17) is 12.3 Å². The second kappa shape index (κ2) is 18.4. The van der Waals surface area contributed by atoms with Crippen molar-refractivity contribution in [1.29, 1.82) is 0 Å². The molecule has 0 aromatic heterocycles. The first kappa shape index (κ1) is 25.8. The summed E-state index contributed by atoms with van der Waals surface area (Å²) < 4.78 is 25.7. The molecule has 0 fully saturated rings. The monoisotopic (exact) mass is 302 g/mol.